The standard InChI is InChI=1S/C17H19N5O4/c1-10-8-15(23)16(17(24)19-9-12(18)11-6-7-11)20-21(10)13-4-2-3-5-14(13)22(25)26/h2-5,8,11-12H,6-7,9,18H2,1H3,(H,19,24). The van der Waals surface area contributed by atoms with E-state index in [1.165, 1.54) is 28.9 Å². The molecule has 0 aliphatic heterocycles. The molecule has 1 heterocycles. The van der Waals surface area contributed by atoms with Crippen molar-refractivity contribution in [3.63, 3.8) is 0 Å². The number of amides is 1. The zero-order valence-electron chi connectivity index (χ0n) is 14.2. The first-order chi connectivity index (χ1) is 12.4. The number of carbonyl (C=O) groups excluding carboxylic acids is 1. The molecule has 3 rings (SSSR count). The number of rotatable bonds is 6. The Balaban J connectivity index is 1.93. The first kappa shape index (κ1) is 17.7. The molecular weight excluding hydrogens is 338 g/mol. The predicted octanol–water partition coefficient (Wildman–Crippen LogP) is 0.916. The molecule has 1 saturated carbocycles. The Morgan fingerprint density at radius 3 is 2.81 bits per heavy atom. The van der Waals surface area contributed by atoms with Crippen LogP contribution in [0.4, 0.5) is 5.69 Å². The Morgan fingerprint density at radius 2 is 2.15 bits per heavy atom. The highest BCUT2D eigenvalue weighted by molar-refractivity contribution is 5.92. The molecule has 1 unspecified atom stereocenters. The maximum atomic E-state index is 12.4. The number of nitro groups is 1. The Morgan fingerprint density at radius 1 is 1.46 bits per heavy atom. The van der Waals surface area contributed by atoms with Gasteiger partial charge in [0.15, 0.2) is 5.69 Å². The minimum Gasteiger partial charge on any atom is -0.349 e. The molecule has 1 aliphatic rings. The number of hydrogen-bond acceptors (Lipinski definition) is 6. The number of nitrogens with two attached hydrogens (primary N) is 1. The number of aryl methyl sites for hydroxylation is 1. The number of nitro benzene ring substituents is 1. The van der Waals surface area contributed by atoms with E-state index in [4.69, 9.17) is 5.73 Å². The van der Waals surface area contributed by atoms with E-state index in [9.17, 15) is 19.7 Å². The monoisotopic (exact) mass is 357 g/mol. The molecule has 1 aliphatic carbocycles. The highest BCUT2D eigenvalue weighted by Gasteiger charge is 2.29. The van der Waals surface area contributed by atoms with Crippen molar-refractivity contribution >= 4 is 11.6 Å². The van der Waals surface area contributed by atoms with Crippen LogP contribution in [0.15, 0.2) is 35.1 Å². The fraction of sp³-hybridized carbons (Fsp3) is 0.353. The lowest BCUT2D eigenvalue weighted by molar-refractivity contribution is -0.384. The van der Waals surface area contributed by atoms with Gasteiger partial charge in [0, 0.05) is 30.4 Å². The molecule has 1 amide bonds. The minimum atomic E-state index is -0.640. The van der Waals surface area contributed by atoms with Crippen molar-refractivity contribution in [1.82, 2.24) is 15.1 Å². The Kier molecular flexibility index (Phi) is 4.81. The summed E-state index contributed by atoms with van der Waals surface area (Å²) in [7, 11) is 0. The maximum Gasteiger partial charge on any atom is 0.294 e. The molecule has 3 N–H and O–H groups in total. The van der Waals surface area contributed by atoms with Crippen molar-refractivity contribution in [2.45, 2.75) is 25.8 Å². The molecule has 26 heavy (non-hydrogen) atoms. The fourth-order valence-corrected chi connectivity index (χ4v) is 2.73. The number of aromatic nitrogens is 2. The van der Waals surface area contributed by atoms with E-state index < -0.39 is 16.3 Å². The average Bonchev–Trinajstić information content (AvgIpc) is 3.44. The van der Waals surface area contributed by atoms with E-state index in [0.717, 1.165) is 12.8 Å². The van der Waals surface area contributed by atoms with E-state index in [0.29, 0.717) is 11.6 Å². The van der Waals surface area contributed by atoms with Gasteiger partial charge in [0.25, 0.3) is 11.6 Å². The third kappa shape index (κ3) is 3.62. The van der Waals surface area contributed by atoms with E-state index in [1.807, 2.05) is 0 Å². The van der Waals surface area contributed by atoms with Gasteiger partial charge >= 0.3 is 0 Å². The van der Waals surface area contributed by atoms with Crippen LogP contribution in [0.5, 0.6) is 0 Å². The maximum absolute atomic E-state index is 12.4. The van der Waals surface area contributed by atoms with Gasteiger partial charge in [0.05, 0.1) is 4.92 Å². The van der Waals surface area contributed by atoms with Gasteiger partial charge in [-0.3, -0.25) is 19.7 Å². The van der Waals surface area contributed by atoms with Gasteiger partial charge in [-0.05, 0) is 31.7 Å². The molecular formula is C17H19N5O4. The van der Waals surface area contributed by atoms with Crippen LogP contribution in [0.2, 0.25) is 0 Å². The SMILES string of the molecule is Cc1cc(=O)c(C(=O)NCC(N)C2CC2)nn1-c1ccccc1[N+](=O)[O-]. The smallest absolute Gasteiger partial charge is 0.294 e. The summed E-state index contributed by atoms with van der Waals surface area (Å²) in [6.45, 7) is 1.85. The summed E-state index contributed by atoms with van der Waals surface area (Å²) in [6.07, 6.45) is 2.09. The molecule has 9 nitrogen and oxygen atoms in total. The zero-order valence-corrected chi connectivity index (χ0v) is 14.2. The molecule has 136 valence electrons. The number of nitrogens with one attached hydrogen (secondary N) is 1. The Labute approximate surface area is 149 Å². The van der Waals surface area contributed by atoms with Crippen molar-refractivity contribution in [3.8, 4) is 5.69 Å². The molecule has 1 atom stereocenters. The average molecular weight is 357 g/mol. The molecule has 1 aromatic carbocycles. The summed E-state index contributed by atoms with van der Waals surface area (Å²) in [6, 6.07) is 7.08. The van der Waals surface area contributed by atoms with Crippen molar-refractivity contribution < 1.29 is 9.72 Å². The molecule has 0 spiro atoms. The quantitative estimate of drug-likeness (QED) is 0.583. The van der Waals surface area contributed by atoms with E-state index in [2.05, 4.69) is 10.4 Å². The summed E-state index contributed by atoms with van der Waals surface area (Å²) < 4.78 is 1.23. The highest BCUT2D eigenvalue weighted by Crippen LogP contribution is 2.31. The topological polar surface area (TPSA) is 133 Å². The van der Waals surface area contributed by atoms with Gasteiger partial charge in [-0.1, -0.05) is 12.1 Å². The fourth-order valence-electron chi connectivity index (χ4n) is 2.73. The number of carbonyl (C=O) groups is 1. The van der Waals surface area contributed by atoms with Crippen LogP contribution in [0.25, 0.3) is 5.69 Å². The van der Waals surface area contributed by atoms with Crippen LogP contribution in [-0.2, 0) is 0 Å². The third-order valence-electron chi connectivity index (χ3n) is 4.35. The van der Waals surface area contributed by atoms with E-state index in [-0.39, 0.29) is 29.7 Å². The summed E-state index contributed by atoms with van der Waals surface area (Å²) >= 11 is 0. The third-order valence-corrected chi connectivity index (χ3v) is 4.35. The van der Waals surface area contributed by atoms with Gasteiger partial charge in [0.1, 0.15) is 5.69 Å². The van der Waals surface area contributed by atoms with E-state index in [1.54, 1.807) is 13.0 Å². The summed E-state index contributed by atoms with van der Waals surface area (Å²) in [4.78, 5) is 35.2. The van der Waals surface area contributed by atoms with Gasteiger partial charge in [-0.25, -0.2) is 4.68 Å². The molecule has 0 bridgehead atoms. The molecule has 0 saturated heterocycles. The van der Waals surface area contributed by atoms with Gasteiger partial charge < -0.3 is 11.1 Å². The first-order valence-corrected chi connectivity index (χ1v) is 8.27. The highest BCUT2D eigenvalue weighted by atomic mass is 16.6. The number of benzene rings is 1. The Bertz CT molecular complexity index is 920. The van der Waals surface area contributed by atoms with Gasteiger partial charge in [-0.15, -0.1) is 0 Å². The minimum absolute atomic E-state index is 0.151. The van der Waals surface area contributed by atoms with Crippen molar-refractivity contribution in [1.29, 1.82) is 0 Å². The van der Waals surface area contributed by atoms with Crippen molar-refractivity contribution in [3.05, 3.63) is 62.1 Å². The van der Waals surface area contributed by atoms with Crippen LogP contribution in [-0.4, -0.2) is 33.2 Å². The lowest BCUT2D eigenvalue weighted by Gasteiger charge is -2.13. The van der Waals surface area contributed by atoms with E-state index >= 15 is 0 Å². The second-order valence-corrected chi connectivity index (χ2v) is 6.37. The molecule has 2 aromatic rings. The summed E-state index contributed by atoms with van der Waals surface area (Å²) in [5.74, 6) is -0.233. The van der Waals surface area contributed by atoms with Gasteiger partial charge in [0.2, 0.25) is 5.43 Å². The summed E-state index contributed by atoms with van der Waals surface area (Å²) in [5.41, 5.74) is 5.47. The largest absolute Gasteiger partial charge is 0.349 e. The van der Waals surface area contributed by atoms with Gasteiger partial charge in [-0.2, -0.15) is 5.10 Å². The Hall–Kier alpha value is -3.07. The van der Waals surface area contributed by atoms with Crippen LogP contribution in [0, 0.1) is 23.0 Å². The van der Waals surface area contributed by atoms with Crippen molar-refractivity contribution in [2.75, 3.05) is 6.54 Å². The number of hydrogen-bond donors (Lipinski definition) is 2. The van der Waals surface area contributed by atoms with Crippen LogP contribution in [0.1, 0.15) is 29.0 Å². The lowest BCUT2D eigenvalue weighted by atomic mass is 10.2. The molecule has 9 heteroatoms. The second-order valence-electron chi connectivity index (χ2n) is 6.37. The predicted molar refractivity (Wildman–Crippen MR) is 94.3 cm³/mol. The second kappa shape index (κ2) is 7.04. The number of para-hydroxylation sites is 2. The molecule has 1 fully saturated rings. The van der Waals surface area contributed by atoms with Crippen LogP contribution < -0.4 is 16.5 Å². The van der Waals surface area contributed by atoms with Crippen LogP contribution in [0.3, 0.4) is 0 Å². The molecule has 1 aromatic heterocycles. The first-order valence-electron chi connectivity index (χ1n) is 8.27. The zero-order chi connectivity index (χ0) is 18.8. The summed E-state index contributed by atoms with van der Waals surface area (Å²) in [5, 5.41) is 17.9. The van der Waals surface area contributed by atoms with Crippen molar-refractivity contribution in [2.24, 2.45) is 11.7 Å². The normalized spacial score (nSPS) is 14.7. The lowest BCUT2D eigenvalue weighted by Crippen LogP contribution is -2.40. The molecule has 0 radical (unpaired) electrons. The number of nitrogens with zero attached hydrogens (tertiary/aromatic N) is 3. The van der Waals surface area contributed by atoms with Crippen LogP contribution >= 0.6 is 0 Å².